The molecule has 0 spiro atoms. The Hall–Kier alpha value is -2.92. The molecule has 0 atom stereocenters. The second-order valence-electron chi connectivity index (χ2n) is 6.81. The van der Waals surface area contributed by atoms with Gasteiger partial charge in [0.05, 0.1) is 6.61 Å². The van der Waals surface area contributed by atoms with Crippen molar-refractivity contribution < 1.29 is 9.53 Å². The van der Waals surface area contributed by atoms with Crippen molar-refractivity contribution in [3.63, 3.8) is 0 Å². The molecule has 0 aromatic heterocycles. The molecule has 0 saturated heterocycles. The highest BCUT2D eigenvalue weighted by Gasteiger charge is 2.23. The number of ether oxygens (including phenoxy) is 1. The van der Waals surface area contributed by atoms with Gasteiger partial charge in [-0.2, -0.15) is 4.99 Å². The van der Waals surface area contributed by atoms with Crippen molar-refractivity contribution in [2.75, 3.05) is 6.61 Å². The third-order valence-electron chi connectivity index (χ3n) is 4.88. The van der Waals surface area contributed by atoms with E-state index in [-0.39, 0.29) is 5.91 Å². The molecular weight excluding hydrogens is 428 g/mol. The first-order valence-corrected chi connectivity index (χ1v) is 10.4. The first kappa shape index (κ1) is 19.4. The normalized spacial score (nSPS) is 13.3. The fraction of sp³-hybridized carbons (Fsp3) is 0.167. The molecule has 0 N–H and O–H groups in total. The van der Waals surface area contributed by atoms with Crippen LogP contribution >= 0.6 is 15.9 Å². The predicted molar refractivity (Wildman–Crippen MR) is 119 cm³/mol. The summed E-state index contributed by atoms with van der Waals surface area (Å²) in [4.78, 5) is 19.1. The second kappa shape index (κ2) is 8.62. The number of carbonyl (C=O) groups is 1. The topological polar surface area (TPSA) is 41.9 Å². The van der Waals surface area contributed by atoms with Gasteiger partial charge in [-0.1, -0.05) is 64.5 Å². The Bertz CT molecular complexity index is 1010. The van der Waals surface area contributed by atoms with E-state index in [0.29, 0.717) is 31.3 Å². The molecule has 0 fully saturated rings. The highest BCUT2D eigenvalue weighted by Crippen LogP contribution is 2.32. The lowest BCUT2D eigenvalue weighted by Gasteiger charge is -2.24. The summed E-state index contributed by atoms with van der Waals surface area (Å²) in [5.74, 6) is -0.313. The third kappa shape index (κ3) is 4.25. The van der Waals surface area contributed by atoms with Crippen LogP contribution in [0.3, 0.4) is 0 Å². The summed E-state index contributed by atoms with van der Waals surface area (Å²) in [6, 6.07) is 24.2. The van der Waals surface area contributed by atoms with Gasteiger partial charge in [0.2, 0.25) is 0 Å². The summed E-state index contributed by atoms with van der Waals surface area (Å²) in [6.45, 7) is 3.58. The van der Waals surface area contributed by atoms with Crippen LogP contribution in [0.2, 0.25) is 0 Å². The van der Waals surface area contributed by atoms with E-state index in [1.165, 1.54) is 22.3 Å². The number of amidine groups is 1. The Kier molecular flexibility index (Phi) is 5.76. The minimum Gasteiger partial charge on any atom is -0.465 e. The molecule has 4 rings (SSSR count). The molecule has 146 valence electrons. The van der Waals surface area contributed by atoms with Crippen molar-refractivity contribution in [2.24, 2.45) is 4.99 Å². The van der Waals surface area contributed by atoms with Crippen molar-refractivity contribution in [2.45, 2.75) is 20.0 Å². The molecule has 1 amide bonds. The Balaban J connectivity index is 1.73. The van der Waals surface area contributed by atoms with E-state index in [1.54, 1.807) is 12.1 Å². The number of carbonyl (C=O) groups excluding carboxylic acids is 1. The van der Waals surface area contributed by atoms with Crippen LogP contribution in [-0.4, -0.2) is 23.4 Å². The SMILES string of the molecule is CCO/C(=N\C(=O)c1ccc(Br)cc1)N1Cc2ccccc2-c2ccccc2C1. The van der Waals surface area contributed by atoms with Gasteiger partial charge in [0.1, 0.15) is 0 Å². The number of rotatable bonds is 2. The molecule has 0 radical (unpaired) electrons. The molecule has 0 unspecified atom stereocenters. The largest absolute Gasteiger partial charge is 0.465 e. The number of halogens is 1. The minimum absolute atomic E-state index is 0.313. The Labute approximate surface area is 179 Å². The monoisotopic (exact) mass is 448 g/mol. The van der Waals surface area contributed by atoms with Gasteiger partial charge in [0.15, 0.2) is 0 Å². The molecule has 0 saturated carbocycles. The van der Waals surface area contributed by atoms with E-state index in [4.69, 9.17) is 4.74 Å². The van der Waals surface area contributed by atoms with E-state index in [9.17, 15) is 4.79 Å². The van der Waals surface area contributed by atoms with Crippen LogP contribution in [0.15, 0.2) is 82.3 Å². The Morgan fingerprint density at radius 3 is 2.03 bits per heavy atom. The maximum Gasteiger partial charge on any atom is 0.296 e. The lowest BCUT2D eigenvalue weighted by molar-refractivity contribution is 0.0993. The van der Waals surface area contributed by atoms with E-state index < -0.39 is 0 Å². The fourth-order valence-electron chi connectivity index (χ4n) is 3.51. The van der Waals surface area contributed by atoms with E-state index in [0.717, 1.165) is 4.47 Å². The summed E-state index contributed by atoms with van der Waals surface area (Å²) in [6.07, 6.45) is 0. The first-order valence-electron chi connectivity index (χ1n) is 9.58. The zero-order valence-electron chi connectivity index (χ0n) is 16.1. The van der Waals surface area contributed by atoms with Gasteiger partial charge in [-0.3, -0.25) is 4.79 Å². The van der Waals surface area contributed by atoms with Gasteiger partial charge in [-0.05, 0) is 53.4 Å². The van der Waals surface area contributed by atoms with Crippen LogP contribution in [-0.2, 0) is 17.8 Å². The standard InChI is InChI=1S/C24H21BrN2O2/c1-2-29-24(26-23(28)17-11-13-20(25)14-12-17)27-15-18-7-3-5-9-21(18)22-10-6-4-8-19(22)16-27/h3-14H,2,15-16H2,1H3/b26-24-. The summed E-state index contributed by atoms with van der Waals surface area (Å²) in [5, 5.41) is 0. The smallest absolute Gasteiger partial charge is 0.296 e. The highest BCUT2D eigenvalue weighted by atomic mass is 79.9. The van der Waals surface area contributed by atoms with Crippen LogP contribution < -0.4 is 0 Å². The molecule has 4 nitrogen and oxygen atoms in total. The maximum atomic E-state index is 12.8. The van der Waals surface area contributed by atoms with E-state index in [2.05, 4.69) is 57.3 Å². The summed E-state index contributed by atoms with van der Waals surface area (Å²) >= 11 is 3.39. The minimum atomic E-state index is -0.313. The molecule has 29 heavy (non-hydrogen) atoms. The van der Waals surface area contributed by atoms with Crippen molar-refractivity contribution in [1.29, 1.82) is 0 Å². The van der Waals surface area contributed by atoms with Gasteiger partial charge in [-0.25, -0.2) is 0 Å². The third-order valence-corrected chi connectivity index (χ3v) is 5.41. The molecule has 5 heteroatoms. The van der Waals surface area contributed by atoms with Crippen LogP contribution in [0.25, 0.3) is 11.1 Å². The summed E-state index contributed by atoms with van der Waals surface area (Å²) in [5.41, 5.74) is 5.31. The zero-order chi connectivity index (χ0) is 20.2. The summed E-state index contributed by atoms with van der Waals surface area (Å²) < 4.78 is 6.75. The average molecular weight is 449 g/mol. The molecule has 3 aromatic rings. The van der Waals surface area contributed by atoms with Gasteiger partial charge < -0.3 is 9.64 Å². The van der Waals surface area contributed by atoms with Crippen LogP contribution in [0.5, 0.6) is 0 Å². The maximum absolute atomic E-state index is 12.8. The van der Waals surface area contributed by atoms with Crippen molar-refractivity contribution in [1.82, 2.24) is 4.90 Å². The molecule has 1 aliphatic heterocycles. The van der Waals surface area contributed by atoms with Crippen LogP contribution in [0.4, 0.5) is 0 Å². The first-order chi connectivity index (χ1) is 14.2. The van der Waals surface area contributed by atoms with Crippen LogP contribution in [0, 0.1) is 0 Å². The van der Waals surface area contributed by atoms with Crippen molar-refractivity contribution >= 4 is 27.9 Å². The molecule has 1 heterocycles. The highest BCUT2D eigenvalue weighted by molar-refractivity contribution is 9.10. The molecule has 3 aromatic carbocycles. The Morgan fingerprint density at radius 1 is 0.931 bits per heavy atom. The number of aliphatic imine (C=N–C) groups is 1. The molecular formula is C24H21BrN2O2. The van der Waals surface area contributed by atoms with Gasteiger partial charge in [0.25, 0.3) is 11.9 Å². The number of hydrogen-bond acceptors (Lipinski definition) is 2. The lowest BCUT2D eigenvalue weighted by atomic mass is 9.97. The number of amides is 1. The zero-order valence-corrected chi connectivity index (χ0v) is 17.7. The Morgan fingerprint density at radius 2 is 1.48 bits per heavy atom. The average Bonchev–Trinajstić information content (AvgIpc) is 2.91. The fourth-order valence-corrected chi connectivity index (χ4v) is 3.78. The van der Waals surface area contributed by atoms with Crippen molar-refractivity contribution in [3.05, 3.63) is 94.0 Å². The number of nitrogens with zero attached hydrogens (tertiary/aromatic N) is 2. The number of fused-ring (bicyclic) bond motifs is 3. The molecule has 0 aliphatic carbocycles. The van der Waals surface area contributed by atoms with Gasteiger partial charge in [-0.15, -0.1) is 0 Å². The quantitative estimate of drug-likeness (QED) is 0.374. The van der Waals surface area contributed by atoms with E-state index >= 15 is 0 Å². The van der Waals surface area contributed by atoms with Gasteiger partial charge >= 0.3 is 0 Å². The predicted octanol–water partition coefficient (Wildman–Crippen LogP) is 5.66. The van der Waals surface area contributed by atoms with Gasteiger partial charge in [0, 0.05) is 23.1 Å². The lowest BCUT2D eigenvalue weighted by Crippen LogP contribution is -2.32. The van der Waals surface area contributed by atoms with E-state index in [1.807, 2.05) is 36.1 Å². The number of benzene rings is 3. The molecule has 1 aliphatic rings. The second-order valence-corrected chi connectivity index (χ2v) is 7.73. The summed E-state index contributed by atoms with van der Waals surface area (Å²) in [7, 11) is 0. The number of hydrogen-bond donors (Lipinski definition) is 0. The van der Waals surface area contributed by atoms with Crippen LogP contribution in [0.1, 0.15) is 28.4 Å². The molecule has 0 bridgehead atoms. The van der Waals surface area contributed by atoms with Crippen molar-refractivity contribution in [3.8, 4) is 11.1 Å².